The van der Waals surface area contributed by atoms with Crippen molar-refractivity contribution >= 4 is 16.9 Å². The molecule has 0 aliphatic rings. The van der Waals surface area contributed by atoms with Gasteiger partial charge in [-0.1, -0.05) is 11.2 Å². The van der Waals surface area contributed by atoms with Crippen molar-refractivity contribution in [2.75, 3.05) is 0 Å². The van der Waals surface area contributed by atoms with E-state index in [4.69, 9.17) is 9.63 Å². The number of hydrogen-bond acceptors (Lipinski definition) is 4. The first-order valence-corrected chi connectivity index (χ1v) is 5.16. The van der Waals surface area contributed by atoms with Gasteiger partial charge >= 0.3 is 5.97 Å². The quantitative estimate of drug-likeness (QED) is 0.641. The van der Waals surface area contributed by atoms with Gasteiger partial charge in [-0.3, -0.25) is 0 Å². The first kappa shape index (κ1) is 10.4. The van der Waals surface area contributed by atoms with Crippen molar-refractivity contribution in [2.45, 2.75) is 0 Å². The number of nitrogens with zero attached hydrogens (tertiary/aromatic N) is 1. The first-order valence-electron chi connectivity index (χ1n) is 5.16. The number of carboxylic acids is 1. The summed E-state index contributed by atoms with van der Waals surface area (Å²) in [5, 5.41) is 22.9. The molecule has 0 spiro atoms. The van der Waals surface area contributed by atoms with Crippen LogP contribution in [-0.4, -0.2) is 26.3 Å². The highest BCUT2D eigenvalue weighted by Crippen LogP contribution is 2.35. The van der Waals surface area contributed by atoms with Crippen LogP contribution in [0.3, 0.4) is 0 Å². The van der Waals surface area contributed by atoms with Crippen LogP contribution in [0.15, 0.2) is 35.1 Å². The summed E-state index contributed by atoms with van der Waals surface area (Å²) in [4.78, 5) is 14.0. The lowest BCUT2D eigenvalue weighted by atomic mass is 10.1. The Morgan fingerprint density at radius 3 is 3.00 bits per heavy atom. The lowest BCUT2D eigenvalue weighted by molar-refractivity contribution is 0.0697. The number of phenols is 1. The molecule has 2 heterocycles. The van der Waals surface area contributed by atoms with Crippen LogP contribution in [0.5, 0.6) is 5.75 Å². The SMILES string of the molecule is O=C(O)c1cnoc1-c1c[nH]c2cccc(O)c12. The third-order valence-corrected chi connectivity index (χ3v) is 2.73. The number of phenolic OH excluding ortho intramolecular Hbond substituents is 1. The minimum absolute atomic E-state index is 0.0425. The standard InChI is InChI=1S/C12H8N2O4/c15-9-3-1-2-8-10(9)6(4-13-8)11-7(12(16)17)5-14-18-11/h1-5,13,15H,(H,16,17). The van der Waals surface area contributed by atoms with Gasteiger partial charge in [-0.25, -0.2) is 4.79 Å². The maximum atomic E-state index is 11.0. The Morgan fingerprint density at radius 2 is 2.22 bits per heavy atom. The smallest absolute Gasteiger partial charge is 0.341 e. The molecule has 6 nitrogen and oxygen atoms in total. The Hall–Kier alpha value is -2.76. The Morgan fingerprint density at radius 1 is 1.39 bits per heavy atom. The van der Waals surface area contributed by atoms with Gasteiger partial charge in [0.15, 0.2) is 5.76 Å². The number of aromatic carboxylic acids is 1. The van der Waals surface area contributed by atoms with E-state index in [-0.39, 0.29) is 17.1 Å². The molecular weight excluding hydrogens is 236 g/mol. The molecule has 0 saturated heterocycles. The van der Waals surface area contributed by atoms with Crippen molar-refractivity contribution in [1.82, 2.24) is 10.1 Å². The maximum Gasteiger partial charge on any atom is 0.341 e. The average molecular weight is 244 g/mol. The van der Waals surface area contributed by atoms with E-state index in [0.717, 1.165) is 6.20 Å². The summed E-state index contributed by atoms with van der Waals surface area (Å²) in [5.74, 6) is -0.956. The summed E-state index contributed by atoms with van der Waals surface area (Å²) in [5.41, 5.74) is 1.12. The van der Waals surface area contributed by atoms with E-state index in [2.05, 4.69) is 10.1 Å². The Balaban J connectivity index is 2.32. The molecule has 3 aromatic rings. The van der Waals surface area contributed by atoms with Gasteiger partial charge in [-0.15, -0.1) is 0 Å². The van der Waals surface area contributed by atoms with Crippen molar-refractivity contribution in [1.29, 1.82) is 0 Å². The Kier molecular flexibility index (Phi) is 2.09. The van der Waals surface area contributed by atoms with Crippen molar-refractivity contribution in [2.24, 2.45) is 0 Å². The predicted molar refractivity (Wildman–Crippen MR) is 62.4 cm³/mol. The van der Waals surface area contributed by atoms with Gasteiger partial charge < -0.3 is 19.7 Å². The molecule has 0 fully saturated rings. The van der Waals surface area contributed by atoms with Crippen LogP contribution in [0.4, 0.5) is 0 Å². The van der Waals surface area contributed by atoms with Gasteiger partial charge in [0.05, 0.1) is 17.1 Å². The Labute approximate surface area is 100 Å². The number of aromatic hydroxyl groups is 1. The summed E-state index contributed by atoms with van der Waals surface area (Å²) < 4.78 is 4.97. The van der Waals surface area contributed by atoms with Crippen LogP contribution in [0.25, 0.3) is 22.2 Å². The molecule has 0 atom stereocenters. The molecule has 0 unspecified atom stereocenters. The van der Waals surface area contributed by atoms with Crippen LogP contribution in [0.1, 0.15) is 10.4 Å². The number of carbonyl (C=O) groups is 1. The van der Waals surface area contributed by atoms with Gasteiger partial charge in [0.25, 0.3) is 0 Å². The first-order chi connectivity index (χ1) is 8.68. The van der Waals surface area contributed by atoms with Crippen molar-refractivity contribution in [3.05, 3.63) is 36.2 Å². The molecule has 0 radical (unpaired) electrons. The van der Waals surface area contributed by atoms with E-state index in [9.17, 15) is 9.90 Å². The minimum atomic E-state index is -1.13. The fourth-order valence-corrected chi connectivity index (χ4v) is 1.93. The van der Waals surface area contributed by atoms with E-state index in [1.807, 2.05) is 0 Å². The summed E-state index contributed by atoms with van der Waals surface area (Å²) in [6.07, 6.45) is 2.72. The van der Waals surface area contributed by atoms with Gasteiger partial charge in [0.1, 0.15) is 11.3 Å². The number of nitrogens with one attached hydrogen (secondary N) is 1. The van der Waals surface area contributed by atoms with E-state index >= 15 is 0 Å². The highest BCUT2D eigenvalue weighted by atomic mass is 16.5. The lowest BCUT2D eigenvalue weighted by Gasteiger charge is -1.98. The molecule has 0 bridgehead atoms. The molecule has 90 valence electrons. The Bertz CT molecular complexity index is 741. The van der Waals surface area contributed by atoms with Crippen LogP contribution in [0, 0.1) is 0 Å². The number of H-pyrrole nitrogens is 1. The van der Waals surface area contributed by atoms with E-state index in [0.29, 0.717) is 16.5 Å². The highest BCUT2D eigenvalue weighted by molar-refractivity contribution is 6.03. The third kappa shape index (κ3) is 1.36. The molecule has 0 saturated carbocycles. The third-order valence-electron chi connectivity index (χ3n) is 2.73. The fourth-order valence-electron chi connectivity index (χ4n) is 1.93. The second-order valence-corrected chi connectivity index (χ2v) is 3.78. The lowest BCUT2D eigenvalue weighted by Crippen LogP contribution is -1.95. The van der Waals surface area contributed by atoms with Crippen molar-refractivity contribution in [3.63, 3.8) is 0 Å². The number of aromatic nitrogens is 2. The number of carboxylic acid groups (broad SMARTS) is 1. The number of fused-ring (bicyclic) bond motifs is 1. The van der Waals surface area contributed by atoms with Gasteiger partial charge in [0, 0.05) is 11.7 Å². The minimum Gasteiger partial charge on any atom is -0.507 e. The van der Waals surface area contributed by atoms with Gasteiger partial charge in [-0.05, 0) is 12.1 Å². The molecule has 18 heavy (non-hydrogen) atoms. The molecule has 1 aromatic carbocycles. The van der Waals surface area contributed by atoms with Crippen LogP contribution < -0.4 is 0 Å². The van der Waals surface area contributed by atoms with Gasteiger partial charge in [-0.2, -0.15) is 0 Å². The topological polar surface area (TPSA) is 99.4 Å². The molecule has 0 aliphatic carbocycles. The van der Waals surface area contributed by atoms with Crippen LogP contribution in [-0.2, 0) is 0 Å². The van der Waals surface area contributed by atoms with E-state index in [1.54, 1.807) is 18.3 Å². The van der Waals surface area contributed by atoms with E-state index in [1.165, 1.54) is 6.07 Å². The molecule has 0 aliphatic heterocycles. The predicted octanol–water partition coefficient (Wildman–Crippen LogP) is 2.23. The molecular formula is C12H8N2O4. The summed E-state index contributed by atoms with van der Waals surface area (Å²) in [6.45, 7) is 0. The summed E-state index contributed by atoms with van der Waals surface area (Å²) in [7, 11) is 0. The van der Waals surface area contributed by atoms with Crippen molar-refractivity contribution < 1.29 is 19.5 Å². The number of aromatic amines is 1. The zero-order valence-corrected chi connectivity index (χ0v) is 9.04. The average Bonchev–Trinajstić information content (AvgIpc) is 2.94. The second-order valence-electron chi connectivity index (χ2n) is 3.78. The monoisotopic (exact) mass is 244 g/mol. The normalized spacial score (nSPS) is 10.9. The summed E-state index contributed by atoms with van der Waals surface area (Å²) in [6, 6.07) is 4.99. The second kappa shape index (κ2) is 3.63. The fraction of sp³-hybridized carbons (Fsp3) is 0. The zero-order valence-electron chi connectivity index (χ0n) is 9.04. The number of hydrogen-bond donors (Lipinski definition) is 3. The van der Waals surface area contributed by atoms with Crippen molar-refractivity contribution in [3.8, 4) is 17.1 Å². The molecule has 3 N–H and O–H groups in total. The molecule has 3 rings (SSSR count). The number of benzene rings is 1. The molecule has 6 heteroatoms. The zero-order chi connectivity index (χ0) is 12.7. The van der Waals surface area contributed by atoms with Gasteiger partial charge in [0.2, 0.25) is 0 Å². The number of rotatable bonds is 2. The maximum absolute atomic E-state index is 11.0. The van der Waals surface area contributed by atoms with Crippen LogP contribution >= 0.6 is 0 Å². The molecule has 0 amide bonds. The van der Waals surface area contributed by atoms with Crippen LogP contribution in [0.2, 0.25) is 0 Å². The summed E-state index contributed by atoms with van der Waals surface area (Å²) >= 11 is 0. The molecule has 2 aromatic heterocycles. The highest BCUT2D eigenvalue weighted by Gasteiger charge is 2.21. The largest absolute Gasteiger partial charge is 0.507 e. The van der Waals surface area contributed by atoms with E-state index < -0.39 is 5.97 Å².